The SMILES string of the molecule is Cc1cc(-c2nnn(CC(=O)c3ccc(NC(=O)CC(C)C)cc3)n2)ccc1F. The van der Waals surface area contributed by atoms with Crippen LogP contribution in [0.15, 0.2) is 42.5 Å². The molecule has 3 rings (SSSR count). The Morgan fingerprint density at radius 2 is 1.86 bits per heavy atom. The summed E-state index contributed by atoms with van der Waals surface area (Å²) in [5, 5.41) is 14.8. The molecule has 1 N–H and O–H groups in total. The van der Waals surface area contributed by atoms with Crippen molar-refractivity contribution < 1.29 is 14.0 Å². The molecule has 0 saturated carbocycles. The minimum atomic E-state index is -0.305. The molecule has 150 valence electrons. The molecular weight excluding hydrogens is 373 g/mol. The number of aromatic nitrogens is 4. The summed E-state index contributed by atoms with van der Waals surface area (Å²) < 4.78 is 13.4. The molecule has 0 fully saturated rings. The Morgan fingerprint density at radius 3 is 2.52 bits per heavy atom. The summed E-state index contributed by atoms with van der Waals surface area (Å²) in [6, 6.07) is 11.2. The van der Waals surface area contributed by atoms with E-state index < -0.39 is 0 Å². The number of hydrogen-bond acceptors (Lipinski definition) is 5. The lowest BCUT2D eigenvalue weighted by molar-refractivity contribution is -0.116. The van der Waals surface area contributed by atoms with Gasteiger partial charge < -0.3 is 5.32 Å². The van der Waals surface area contributed by atoms with Crippen LogP contribution in [0.25, 0.3) is 11.4 Å². The zero-order valence-electron chi connectivity index (χ0n) is 16.5. The second-order valence-corrected chi connectivity index (χ2v) is 7.25. The van der Waals surface area contributed by atoms with Crippen LogP contribution in [0.5, 0.6) is 0 Å². The number of hydrogen-bond donors (Lipinski definition) is 1. The number of anilines is 1. The van der Waals surface area contributed by atoms with E-state index in [1.807, 2.05) is 13.8 Å². The summed E-state index contributed by atoms with van der Waals surface area (Å²) >= 11 is 0. The largest absolute Gasteiger partial charge is 0.326 e. The van der Waals surface area contributed by atoms with Gasteiger partial charge in [0.1, 0.15) is 12.4 Å². The van der Waals surface area contributed by atoms with Crippen molar-refractivity contribution in [2.75, 3.05) is 5.32 Å². The van der Waals surface area contributed by atoms with E-state index in [4.69, 9.17) is 0 Å². The van der Waals surface area contributed by atoms with Gasteiger partial charge in [0, 0.05) is 23.2 Å². The van der Waals surface area contributed by atoms with Crippen LogP contribution in [0.4, 0.5) is 10.1 Å². The Balaban J connectivity index is 1.64. The predicted molar refractivity (Wildman–Crippen MR) is 107 cm³/mol. The maximum atomic E-state index is 13.4. The first-order valence-corrected chi connectivity index (χ1v) is 9.29. The number of rotatable bonds is 7. The highest BCUT2D eigenvalue weighted by atomic mass is 19.1. The van der Waals surface area contributed by atoms with Crippen LogP contribution in [0, 0.1) is 18.7 Å². The molecule has 7 nitrogen and oxygen atoms in total. The van der Waals surface area contributed by atoms with E-state index in [-0.39, 0.29) is 30.0 Å². The number of benzene rings is 2. The second-order valence-electron chi connectivity index (χ2n) is 7.25. The van der Waals surface area contributed by atoms with Crippen molar-refractivity contribution in [3.8, 4) is 11.4 Å². The highest BCUT2D eigenvalue weighted by Crippen LogP contribution is 2.18. The number of carbonyl (C=O) groups excluding carboxylic acids is 2. The van der Waals surface area contributed by atoms with Crippen LogP contribution in [0.1, 0.15) is 36.2 Å². The molecule has 0 saturated heterocycles. The normalized spacial score (nSPS) is 10.9. The van der Waals surface area contributed by atoms with Crippen molar-refractivity contribution in [1.29, 1.82) is 0 Å². The van der Waals surface area contributed by atoms with Gasteiger partial charge in [0.25, 0.3) is 0 Å². The Hall–Kier alpha value is -3.42. The van der Waals surface area contributed by atoms with Gasteiger partial charge in [0.15, 0.2) is 5.78 Å². The lowest BCUT2D eigenvalue weighted by atomic mass is 10.1. The molecule has 0 atom stereocenters. The van der Waals surface area contributed by atoms with Crippen molar-refractivity contribution >= 4 is 17.4 Å². The van der Waals surface area contributed by atoms with Gasteiger partial charge in [-0.3, -0.25) is 9.59 Å². The third kappa shape index (κ3) is 5.31. The second kappa shape index (κ2) is 8.72. The maximum Gasteiger partial charge on any atom is 0.224 e. The van der Waals surface area contributed by atoms with E-state index in [0.717, 1.165) is 0 Å². The quantitative estimate of drug-likeness (QED) is 0.617. The zero-order chi connectivity index (χ0) is 21.0. The molecule has 1 amide bonds. The van der Waals surface area contributed by atoms with Crippen LogP contribution in [0.2, 0.25) is 0 Å². The van der Waals surface area contributed by atoms with E-state index >= 15 is 0 Å². The molecule has 0 aliphatic carbocycles. The van der Waals surface area contributed by atoms with E-state index in [1.165, 1.54) is 10.9 Å². The summed E-state index contributed by atoms with van der Waals surface area (Å²) in [7, 11) is 0. The van der Waals surface area contributed by atoms with Crippen molar-refractivity contribution in [1.82, 2.24) is 20.2 Å². The molecule has 1 heterocycles. The topological polar surface area (TPSA) is 89.8 Å². The Bertz CT molecular complexity index is 1030. The number of aryl methyl sites for hydroxylation is 1. The molecular formula is C21H22FN5O2. The highest BCUT2D eigenvalue weighted by molar-refractivity contribution is 5.97. The number of amides is 1. The summed E-state index contributed by atoms with van der Waals surface area (Å²) in [6.07, 6.45) is 0.439. The molecule has 0 unspecified atom stereocenters. The Morgan fingerprint density at radius 1 is 1.14 bits per heavy atom. The molecule has 2 aromatic carbocycles. The third-order valence-corrected chi connectivity index (χ3v) is 4.24. The van der Waals surface area contributed by atoms with Gasteiger partial charge in [0.05, 0.1) is 0 Å². The number of ketones is 1. The molecule has 0 aliphatic heterocycles. The van der Waals surface area contributed by atoms with E-state index in [2.05, 4.69) is 20.7 Å². The van der Waals surface area contributed by atoms with Crippen molar-refractivity contribution in [3.05, 3.63) is 59.4 Å². The van der Waals surface area contributed by atoms with Gasteiger partial charge in [-0.15, -0.1) is 10.2 Å². The molecule has 0 spiro atoms. The highest BCUT2D eigenvalue weighted by Gasteiger charge is 2.13. The number of nitrogens with one attached hydrogen (secondary N) is 1. The minimum Gasteiger partial charge on any atom is -0.326 e. The Labute approximate surface area is 167 Å². The monoisotopic (exact) mass is 395 g/mol. The average molecular weight is 395 g/mol. The van der Waals surface area contributed by atoms with Crippen molar-refractivity contribution in [3.63, 3.8) is 0 Å². The molecule has 8 heteroatoms. The summed E-state index contributed by atoms with van der Waals surface area (Å²) in [5.41, 5.74) is 2.22. The van der Waals surface area contributed by atoms with Gasteiger partial charge in [-0.25, -0.2) is 4.39 Å². The van der Waals surface area contributed by atoms with E-state index in [1.54, 1.807) is 43.3 Å². The number of carbonyl (C=O) groups is 2. The third-order valence-electron chi connectivity index (χ3n) is 4.24. The first-order chi connectivity index (χ1) is 13.8. The number of Topliss-reactive ketones (excluding diaryl/α,β-unsaturated/α-hetero) is 1. The summed E-state index contributed by atoms with van der Waals surface area (Å²) in [4.78, 5) is 25.5. The fourth-order valence-corrected chi connectivity index (χ4v) is 2.75. The van der Waals surface area contributed by atoms with E-state index in [9.17, 15) is 14.0 Å². The summed E-state index contributed by atoms with van der Waals surface area (Å²) in [5.74, 6) is 0.0396. The molecule has 1 aromatic heterocycles. The maximum absolute atomic E-state index is 13.4. The minimum absolute atomic E-state index is 0.0607. The molecule has 0 aliphatic rings. The number of nitrogens with zero attached hydrogens (tertiary/aromatic N) is 4. The lowest BCUT2D eigenvalue weighted by Crippen LogP contribution is -2.15. The lowest BCUT2D eigenvalue weighted by Gasteiger charge is -2.07. The zero-order valence-corrected chi connectivity index (χ0v) is 16.5. The van der Waals surface area contributed by atoms with Gasteiger partial charge in [-0.05, 0) is 66.1 Å². The van der Waals surface area contributed by atoms with Crippen LogP contribution >= 0.6 is 0 Å². The van der Waals surface area contributed by atoms with Gasteiger partial charge in [-0.2, -0.15) is 4.80 Å². The first kappa shape index (κ1) is 20.3. The van der Waals surface area contributed by atoms with E-state index in [0.29, 0.717) is 34.6 Å². The van der Waals surface area contributed by atoms with Gasteiger partial charge in [0.2, 0.25) is 11.7 Å². The molecule has 0 bridgehead atoms. The number of tetrazole rings is 1. The number of halogens is 1. The van der Waals surface area contributed by atoms with Crippen LogP contribution in [0.3, 0.4) is 0 Å². The molecule has 0 radical (unpaired) electrons. The van der Waals surface area contributed by atoms with Gasteiger partial charge >= 0.3 is 0 Å². The van der Waals surface area contributed by atoms with Crippen LogP contribution in [-0.2, 0) is 11.3 Å². The fraction of sp³-hybridized carbons (Fsp3) is 0.286. The fourth-order valence-electron chi connectivity index (χ4n) is 2.75. The average Bonchev–Trinajstić information content (AvgIpc) is 3.12. The summed E-state index contributed by atoms with van der Waals surface area (Å²) in [6.45, 7) is 5.53. The smallest absolute Gasteiger partial charge is 0.224 e. The standard InChI is InChI=1S/C21H22FN5O2/c1-13(2)10-20(29)23-17-7-4-15(5-8-17)19(28)12-27-25-21(24-26-27)16-6-9-18(22)14(3)11-16/h4-9,11,13H,10,12H2,1-3H3,(H,23,29). The van der Waals surface area contributed by atoms with Gasteiger partial charge in [-0.1, -0.05) is 13.8 Å². The van der Waals surface area contributed by atoms with Crippen molar-refractivity contribution in [2.45, 2.75) is 33.7 Å². The van der Waals surface area contributed by atoms with Crippen LogP contribution in [-0.4, -0.2) is 31.9 Å². The molecule has 3 aromatic rings. The molecule has 29 heavy (non-hydrogen) atoms. The first-order valence-electron chi connectivity index (χ1n) is 9.29. The van der Waals surface area contributed by atoms with Crippen molar-refractivity contribution in [2.24, 2.45) is 5.92 Å². The van der Waals surface area contributed by atoms with Crippen LogP contribution < -0.4 is 5.32 Å². The predicted octanol–water partition coefficient (Wildman–Crippen LogP) is 3.66. The Kier molecular flexibility index (Phi) is 6.11.